The van der Waals surface area contributed by atoms with Crippen molar-refractivity contribution in [3.05, 3.63) is 34.9 Å². The maximum absolute atomic E-state index is 12.4. The van der Waals surface area contributed by atoms with Gasteiger partial charge in [0.05, 0.1) is 5.56 Å². The summed E-state index contributed by atoms with van der Waals surface area (Å²) in [6.45, 7) is 4.69. The molecule has 0 aromatic heterocycles. The van der Waals surface area contributed by atoms with E-state index >= 15 is 0 Å². The van der Waals surface area contributed by atoms with Crippen molar-refractivity contribution in [3.63, 3.8) is 0 Å². The van der Waals surface area contributed by atoms with Crippen LogP contribution in [0.15, 0.2) is 18.2 Å². The minimum absolute atomic E-state index is 0.0664. The highest BCUT2D eigenvalue weighted by Gasteiger charge is 2.41. The number of benzene rings is 1. The molecule has 0 heterocycles. The molecule has 0 aliphatic heterocycles. The van der Waals surface area contributed by atoms with Gasteiger partial charge in [-0.2, -0.15) is 0 Å². The second kappa shape index (κ2) is 6.78. The highest BCUT2D eigenvalue weighted by Crippen LogP contribution is 2.48. The summed E-state index contributed by atoms with van der Waals surface area (Å²) in [7, 11) is 0. The first-order chi connectivity index (χ1) is 10.1. The standard InChI is InChI=1S/C18H23NO2/c1-3-8-18(9-10-18)13-19-17(21)16-12-14(2)6-7-15(16)5-4-11-20/h6-7,12,20H,3,8-11,13H2,1-2H3,(H,19,21). The molecule has 1 aromatic rings. The number of nitrogens with one attached hydrogen (secondary N) is 1. The van der Waals surface area contributed by atoms with Gasteiger partial charge >= 0.3 is 0 Å². The van der Waals surface area contributed by atoms with Crippen LogP contribution < -0.4 is 5.32 Å². The highest BCUT2D eigenvalue weighted by atomic mass is 16.2. The maximum Gasteiger partial charge on any atom is 0.252 e. The molecule has 0 bridgehead atoms. The van der Waals surface area contributed by atoms with Gasteiger partial charge in [-0.25, -0.2) is 0 Å². The molecule has 0 unspecified atom stereocenters. The van der Waals surface area contributed by atoms with Gasteiger partial charge in [0, 0.05) is 12.1 Å². The van der Waals surface area contributed by atoms with E-state index in [0.29, 0.717) is 16.5 Å². The average Bonchev–Trinajstić information content (AvgIpc) is 3.24. The Morgan fingerprint density at radius 2 is 2.19 bits per heavy atom. The van der Waals surface area contributed by atoms with Crippen LogP contribution in [0, 0.1) is 24.2 Å². The number of rotatable bonds is 5. The molecule has 0 spiro atoms. The Morgan fingerprint density at radius 1 is 1.43 bits per heavy atom. The Labute approximate surface area is 126 Å². The quantitative estimate of drug-likeness (QED) is 0.817. The van der Waals surface area contributed by atoms with Crippen LogP contribution in [-0.2, 0) is 0 Å². The molecule has 0 saturated heterocycles. The van der Waals surface area contributed by atoms with Gasteiger partial charge in [-0.15, -0.1) is 0 Å². The van der Waals surface area contributed by atoms with E-state index in [0.717, 1.165) is 18.5 Å². The molecule has 21 heavy (non-hydrogen) atoms. The number of carbonyl (C=O) groups is 1. The molecular formula is C18H23NO2. The van der Waals surface area contributed by atoms with Crippen LogP contribution in [-0.4, -0.2) is 24.2 Å². The number of aliphatic hydroxyl groups is 1. The van der Waals surface area contributed by atoms with Gasteiger partial charge in [0.25, 0.3) is 5.91 Å². The van der Waals surface area contributed by atoms with E-state index in [1.54, 1.807) is 0 Å². The van der Waals surface area contributed by atoms with Crippen LogP contribution in [0.25, 0.3) is 0 Å². The molecule has 1 amide bonds. The molecule has 1 fully saturated rings. The molecule has 112 valence electrons. The number of aryl methyl sites for hydroxylation is 1. The molecule has 1 aliphatic rings. The van der Waals surface area contributed by atoms with Crippen molar-refractivity contribution >= 4 is 5.91 Å². The lowest BCUT2D eigenvalue weighted by atomic mass is 10.00. The summed E-state index contributed by atoms with van der Waals surface area (Å²) in [5, 5.41) is 11.9. The highest BCUT2D eigenvalue weighted by molar-refractivity contribution is 5.97. The Balaban J connectivity index is 2.09. The first kappa shape index (κ1) is 15.6. The normalized spacial score (nSPS) is 15.0. The van der Waals surface area contributed by atoms with Gasteiger partial charge in [0.15, 0.2) is 0 Å². The zero-order chi connectivity index (χ0) is 15.3. The SMILES string of the molecule is CCCC1(CNC(=O)c2cc(C)ccc2C#CCO)CC1. The van der Waals surface area contributed by atoms with Crippen LogP contribution in [0.2, 0.25) is 0 Å². The number of carbonyl (C=O) groups excluding carboxylic acids is 1. The number of aliphatic hydroxyl groups excluding tert-OH is 1. The lowest BCUT2D eigenvalue weighted by Gasteiger charge is -2.15. The smallest absolute Gasteiger partial charge is 0.252 e. The fourth-order valence-electron chi connectivity index (χ4n) is 2.67. The Hall–Kier alpha value is -1.79. The van der Waals surface area contributed by atoms with Gasteiger partial charge in [-0.05, 0) is 43.7 Å². The summed E-state index contributed by atoms with van der Waals surface area (Å²) < 4.78 is 0. The van der Waals surface area contributed by atoms with E-state index in [-0.39, 0.29) is 12.5 Å². The van der Waals surface area contributed by atoms with Gasteiger partial charge in [0.1, 0.15) is 6.61 Å². The Bertz CT molecular complexity index is 577. The third-order valence-corrected chi connectivity index (χ3v) is 4.08. The average molecular weight is 285 g/mol. The molecule has 2 N–H and O–H groups in total. The van der Waals surface area contributed by atoms with Gasteiger partial charge in [-0.1, -0.05) is 36.8 Å². The molecule has 0 radical (unpaired) electrons. The van der Waals surface area contributed by atoms with E-state index < -0.39 is 0 Å². The number of hydrogen-bond acceptors (Lipinski definition) is 2. The fourth-order valence-corrected chi connectivity index (χ4v) is 2.67. The molecule has 3 nitrogen and oxygen atoms in total. The molecular weight excluding hydrogens is 262 g/mol. The van der Waals surface area contributed by atoms with Crippen molar-refractivity contribution in [1.82, 2.24) is 5.32 Å². The first-order valence-corrected chi connectivity index (χ1v) is 7.59. The maximum atomic E-state index is 12.4. The topological polar surface area (TPSA) is 49.3 Å². The van der Waals surface area contributed by atoms with Gasteiger partial charge < -0.3 is 10.4 Å². The largest absolute Gasteiger partial charge is 0.384 e. The zero-order valence-corrected chi connectivity index (χ0v) is 12.8. The van der Waals surface area contributed by atoms with Crippen molar-refractivity contribution in [3.8, 4) is 11.8 Å². The van der Waals surface area contributed by atoms with Gasteiger partial charge in [-0.3, -0.25) is 4.79 Å². The number of hydrogen-bond donors (Lipinski definition) is 2. The Kier molecular flexibility index (Phi) is 5.03. The molecule has 3 heteroatoms. The second-order valence-electron chi connectivity index (χ2n) is 5.94. The summed E-state index contributed by atoms with van der Waals surface area (Å²) in [5.74, 6) is 5.39. The van der Waals surface area contributed by atoms with Crippen molar-refractivity contribution < 1.29 is 9.90 Å². The predicted molar refractivity (Wildman–Crippen MR) is 84.1 cm³/mol. The first-order valence-electron chi connectivity index (χ1n) is 7.59. The van der Waals surface area contributed by atoms with Crippen LogP contribution in [0.1, 0.15) is 54.1 Å². The summed E-state index contributed by atoms with van der Waals surface area (Å²) in [4.78, 5) is 12.4. The fraction of sp³-hybridized carbons (Fsp3) is 0.500. The van der Waals surface area contributed by atoms with Crippen molar-refractivity contribution in [2.75, 3.05) is 13.2 Å². The summed E-state index contributed by atoms with van der Waals surface area (Å²) >= 11 is 0. The van der Waals surface area contributed by atoms with Crippen LogP contribution in [0.5, 0.6) is 0 Å². The second-order valence-corrected chi connectivity index (χ2v) is 5.94. The van der Waals surface area contributed by atoms with Crippen LogP contribution in [0.4, 0.5) is 0 Å². The summed E-state index contributed by atoms with van der Waals surface area (Å²) in [6.07, 6.45) is 4.77. The monoisotopic (exact) mass is 285 g/mol. The lowest BCUT2D eigenvalue weighted by molar-refractivity contribution is 0.0943. The lowest BCUT2D eigenvalue weighted by Crippen LogP contribution is -2.30. The predicted octanol–water partition coefficient (Wildman–Crippen LogP) is 2.65. The minimum Gasteiger partial charge on any atom is -0.384 e. The summed E-state index contributed by atoms with van der Waals surface area (Å²) in [5.41, 5.74) is 2.64. The summed E-state index contributed by atoms with van der Waals surface area (Å²) in [6, 6.07) is 5.62. The van der Waals surface area contributed by atoms with E-state index in [1.807, 2.05) is 25.1 Å². The van der Waals surface area contributed by atoms with Crippen molar-refractivity contribution in [1.29, 1.82) is 0 Å². The third kappa shape index (κ3) is 4.09. The van der Waals surface area contributed by atoms with E-state index in [2.05, 4.69) is 24.1 Å². The molecule has 0 atom stereocenters. The minimum atomic E-state index is -0.200. The van der Waals surface area contributed by atoms with E-state index in [4.69, 9.17) is 5.11 Å². The van der Waals surface area contributed by atoms with Gasteiger partial charge in [0.2, 0.25) is 0 Å². The molecule has 2 rings (SSSR count). The van der Waals surface area contributed by atoms with E-state index in [1.165, 1.54) is 19.3 Å². The van der Waals surface area contributed by atoms with Crippen molar-refractivity contribution in [2.45, 2.75) is 39.5 Å². The van der Waals surface area contributed by atoms with Crippen molar-refractivity contribution in [2.24, 2.45) is 5.41 Å². The zero-order valence-electron chi connectivity index (χ0n) is 12.8. The van der Waals surface area contributed by atoms with Crippen LogP contribution in [0.3, 0.4) is 0 Å². The third-order valence-electron chi connectivity index (χ3n) is 4.08. The molecule has 1 aromatic carbocycles. The van der Waals surface area contributed by atoms with Crippen LogP contribution >= 0.6 is 0 Å². The van der Waals surface area contributed by atoms with E-state index in [9.17, 15) is 4.79 Å². The number of amides is 1. The molecule has 1 aliphatic carbocycles. The Morgan fingerprint density at radius 3 is 2.81 bits per heavy atom. The molecule has 1 saturated carbocycles.